The molecule has 1 atom stereocenters. The molecule has 9 heteroatoms. The third-order valence-corrected chi connectivity index (χ3v) is 20.0. The summed E-state index contributed by atoms with van der Waals surface area (Å²) in [5.41, 5.74) is 1.48. The number of benzene rings is 1. The van der Waals surface area contributed by atoms with Gasteiger partial charge in [-0.15, -0.1) is 0 Å². The van der Waals surface area contributed by atoms with Crippen molar-refractivity contribution in [2.24, 2.45) is 0 Å². The van der Waals surface area contributed by atoms with Gasteiger partial charge in [0.25, 0.3) is 0 Å². The molecule has 1 aliphatic rings. The van der Waals surface area contributed by atoms with Crippen molar-refractivity contribution in [1.82, 2.24) is 0 Å². The molecule has 1 aromatic carbocycles. The molecule has 0 unspecified atom stereocenters. The molecule has 1 heterocycles. The molecule has 154 valence electrons. The van der Waals surface area contributed by atoms with E-state index in [-0.39, 0.29) is 29.0 Å². The molecule has 0 spiro atoms. The summed E-state index contributed by atoms with van der Waals surface area (Å²) in [5, 5.41) is 1.68. The van der Waals surface area contributed by atoms with Gasteiger partial charge in [-0.3, -0.25) is 0 Å². The van der Waals surface area contributed by atoms with Crippen LogP contribution in [-0.4, -0.2) is 21.1 Å². The van der Waals surface area contributed by atoms with Crippen molar-refractivity contribution in [3.05, 3.63) is 75.0 Å². The molecular formula is C20H25O5PSi2W. The Morgan fingerprint density at radius 3 is 1.24 bits per heavy atom. The van der Waals surface area contributed by atoms with Crippen molar-refractivity contribution in [2.45, 2.75) is 44.2 Å². The second-order valence-electron chi connectivity index (χ2n) is 7.42. The van der Waals surface area contributed by atoms with Crippen molar-refractivity contribution in [3.63, 3.8) is 0 Å². The predicted octanol–water partition coefficient (Wildman–Crippen LogP) is 5.41. The van der Waals surface area contributed by atoms with E-state index < -0.39 is 16.1 Å². The zero-order valence-electron chi connectivity index (χ0n) is 17.4. The van der Waals surface area contributed by atoms with Crippen LogP contribution in [0.3, 0.4) is 0 Å². The van der Waals surface area contributed by atoms with Crippen LogP contribution >= 0.6 is 7.92 Å². The SMILES string of the molecule is C[Si](C)(C)C([P@]1C=C1c1ccccc1)[Si](C)(C)C.[C-]#[O+].[C-]#[O+].[C-]#[O+].[C-]#[O+].[C-]#[O+].[W]. The van der Waals surface area contributed by atoms with Gasteiger partial charge in [-0.1, -0.05) is 77.5 Å². The largest absolute Gasteiger partial charge is 0 e. The van der Waals surface area contributed by atoms with E-state index >= 15 is 0 Å². The minimum atomic E-state index is -1.06. The van der Waals surface area contributed by atoms with E-state index in [1.165, 1.54) is 5.56 Å². The Hall–Kier alpha value is -0.788. The Kier molecular flexibility index (Phi) is 29.3. The third-order valence-electron chi connectivity index (χ3n) is 3.46. The third kappa shape index (κ3) is 15.7. The van der Waals surface area contributed by atoms with Crippen LogP contribution in [0, 0.1) is 33.3 Å². The van der Waals surface area contributed by atoms with Crippen molar-refractivity contribution in [1.29, 1.82) is 0 Å². The second-order valence-corrected chi connectivity index (χ2v) is 21.7. The first-order valence-electron chi connectivity index (χ1n) is 7.79. The van der Waals surface area contributed by atoms with Crippen LogP contribution in [0.4, 0.5) is 0 Å². The first-order chi connectivity index (χ1) is 13.2. The van der Waals surface area contributed by atoms with Gasteiger partial charge in [0.2, 0.25) is 0 Å². The maximum absolute atomic E-state index is 7.50. The van der Waals surface area contributed by atoms with Crippen LogP contribution in [0.2, 0.25) is 39.3 Å². The first-order valence-corrected chi connectivity index (χ1v) is 16.4. The van der Waals surface area contributed by atoms with E-state index in [0.29, 0.717) is 0 Å². The monoisotopic (exact) mass is 616 g/mol. The molecule has 2 rings (SSSR count). The topological polar surface area (TPSA) is 99.5 Å². The van der Waals surface area contributed by atoms with Crippen LogP contribution in [0.1, 0.15) is 5.56 Å². The molecule has 29 heavy (non-hydrogen) atoms. The van der Waals surface area contributed by atoms with E-state index in [4.69, 9.17) is 23.3 Å². The van der Waals surface area contributed by atoms with Gasteiger partial charge in [-0.2, -0.15) is 0 Å². The molecule has 0 N–H and O–H groups in total. The Morgan fingerprint density at radius 1 is 0.655 bits per heavy atom. The summed E-state index contributed by atoms with van der Waals surface area (Å²) in [6.45, 7) is 37.9. The first kappa shape index (κ1) is 38.8. The predicted molar refractivity (Wildman–Crippen MR) is 111 cm³/mol. The Balaban J connectivity index is -0.000000153. The van der Waals surface area contributed by atoms with Crippen LogP contribution < -0.4 is 0 Å². The molecule has 0 saturated carbocycles. The molecule has 0 fully saturated rings. The average molecular weight is 616 g/mol. The van der Waals surface area contributed by atoms with Gasteiger partial charge in [-0.25, -0.2) is 0 Å². The fraction of sp³-hybridized carbons (Fsp3) is 0.350. The summed E-state index contributed by atoms with van der Waals surface area (Å²) in [7, 11) is -2.03. The quantitative estimate of drug-likeness (QED) is 0.187. The fourth-order valence-electron chi connectivity index (χ4n) is 3.28. The number of hydrogen-bond donors (Lipinski definition) is 0. The van der Waals surface area contributed by atoms with Gasteiger partial charge in [0.15, 0.2) is 0 Å². The van der Waals surface area contributed by atoms with E-state index in [0.717, 1.165) is 4.91 Å². The summed E-state index contributed by atoms with van der Waals surface area (Å²) in [4.78, 5) is 1.04. The zero-order chi connectivity index (χ0) is 23.6. The van der Waals surface area contributed by atoms with Crippen molar-refractivity contribution >= 4 is 29.4 Å². The van der Waals surface area contributed by atoms with Crippen LogP contribution in [-0.2, 0) is 44.3 Å². The molecule has 0 saturated heterocycles. The summed E-state index contributed by atoms with van der Waals surface area (Å²) in [6, 6.07) is 11.0. The van der Waals surface area contributed by atoms with Crippen molar-refractivity contribution in [3.8, 4) is 0 Å². The van der Waals surface area contributed by atoms with Crippen molar-refractivity contribution in [2.75, 3.05) is 0 Å². The fourth-order valence-corrected chi connectivity index (χ4v) is 23.1. The standard InChI is InChI=1S/C15H25PSi2.5CO.W/c1-17(2,3)15(18(4,5)6)16-12-14(16)13-10-8-7-9-11-13;5*1-2;/h7-12,15H,1-6H3;;;;;;/t16-;;;;;;/m1....../s1. The van der Waals surface area contributed by atoms with E-state index in [1.807, 2.05) is 0 Å². The van der Waals surface area contributed by atoms with E-state index in [9.17, 15) is 0 Å². The van der Waals surface area contributed by atoms with E-state index in [1.54, 1.807) is 5.31 Å². The summed E-state index contributed by atoms with van der Waals surface area (Å²) in [6.07, 6.45) is 0. The molecule has 5 nitrogen and oxygen atoms in total. The minimum absolute atomic E-state index is 0. The molecule has 0 amide bonds. The second kappa shape index (κ2) is 21.9. The van der Waals surface area contributed by atoms with Crippen LogP contribution in [0.5, 0.6) is 0 Å². The normalized spacial score (nSPS) is 12.7. The van der Waals surface area contributed by atoms with Gasteiger partial charge in [0, 0.05) is 37.2 Å². The Labute approximate surface area is 192 Å². The summed E-state index contributed by atoms with van der Waals surface area (Å²) < 4.78 is 37.5. The van der Waals surface area contributed by atoms with Gasteiger partial charge < -0.3 is 0 Å². The molecule has 1 aliphatic heterocycles. The maximum atomic E-state index is 7.50. The zero-order valence-corrected chi connectivity index (χ0v) is 23.3. The molecule has 0 bridgehead atoms. The number of rotatable bonds is 4. The molecule has 0 aliphatic carbocycles. The van der Waals surface area contributed by atoms with Gasteiger partial charge >= 0.3 is 56.5 Å². The molecule has 0 radical (unpaired) electrons. The van der Waals surface area contributed by atoms with Crippen LogP contribution in [0.25, 0.3) is 5.31 Å². The molecule has 0 aromatic heterocycles. The average Bonchev–Trinajstić information content (AvgIpc) is 3.48. The molecular weight excluding hydrogens is 591 g/mol. The van der Waals surface area contributed by atoms with Crippen molar-refractivity contribution < 1.29 is 44.3 Å². The number of hydrogen-bond acceptors (Lipinski definition) is 0. The Morgan fingerprint density at radius 2 is 0.966 bits per heavy atom. The summed E-state index contributed by atoms with van der Waals surface area (Å²) in [5.74, 6) is 2.59. The minimum Gasteiger partial charge on any atom is 0 e. The van der Waals surface area contributed by atoms with Gasteiger partial charge in [0.1, 0.15) is 0 Å². The van der Waals surface area contributed by atoms with Gasteiger partial charge in [-0.05, 0) is 21.6 Å². The maximum Gasteiger partial charge on any atom is 0 e. The van der Waals surface area contributed by atoms with E-state index in [2.05, 4.69) is 109 Å². The Bertz CT molecular complexity index is 620. The smallest absolute Gasteiger partial charge is 0 e. The summed E-state index contributed by atoms with van der Waals surface area (Å²) >= 11 is 0. The molecule has 1 aromatic rings. The van der Waals surface area contributed by atoms with Crippen LogP contribution in [0.15, 0.2) is 36.1 Å². The van der Waals surface area contributed by atoms with Gasteiger partial charge in [0.05, 0.1) is 0 Å².